The second kappa shape index (κ2) is 7.00. The summed E-state index contributed by atoms with van der Waals surface area (Å²) in [4.78, 5) is 2.70. The number of likely N-dealkylation sites (tertiary alicyclic amines) is 1. The first-order valence-electron chi connectivity index (χ1n) is 8.86. The molecule has 21 heavy (non-hydrogen) atoms. The van der Waals surface area contributed by atoms with Gasteiger partial charge in [0, 0.05) is 18.6 Å². The lowest BCUT2D eigenvalue weighted by Crippen LogP contribution is -2.46. The lowest BCUT2D eigenvalue weighted by Gasteiger charge is -2.35. The maximum absolute atomic E-state index is 3.67. The van der Waals surface area contributed by atoms with Crippen LogP contribution >= 0.6 is 0 Å². The highest BCUT2D eigenvalue weighted by atomic mass is 15.1. The molecule has 126 valence electrons. The van der Waals surface area contributed by atoms with Crippen molar-refractivity contribution in [2.45, 2.75) is 80.2 Å². The first kappa shape index (κ1) is 19.0. The molecule has 1 saturated heterocycles. The number of nitrogens with one attached hydrogen (secondary N) is 1. The molecule has 1 unspecified atom stereocenters. The summed E-state index contributed by atoms with van der Waals surface area (Å²) >= 11 is 0. The smallest absolute Gasteiger partial charge is 0.00967 e. The standard InChI is InChI=1S/C19H40N2/c1-17(2,3)16-10-9-12-21(13-11-16)15-19(7,8)14-20-18(4,5)6/h16,20H,9-15H2,1-8H3. The van der Waals surface area contributed by atoms with Gasteiger partial charge >= 0.3 is 0 Å². The van der Waals surface area contributed by atoms with Crippen molar-refractivity contribution < 1.29 is 0 Å². The second-order valence-corrected chi connectivity index (χ2v) is 10.0. The Labute approximate surface area is 134 Å². The Kier molecular flexibility index (Phi) is 6.32. The molecule has 0 amide bonds. The van der Waals surface area contributed by atoms with E-state index in [1.54, 1.807) is 0 Å². The summed E-state index contributed by atoms with van der Waals surface area (Å²) in [7, 11) is 0. The van der Waals surface area contributed by atoms with Gasteiger partial charge in [0.2, 0.25) is 0 Å². The monoisotopic (exact) mass is 296 g/mol. The van der Waals surface area contributed by atoms with Crippen LogP contribution in [0.5, 0.6) is 0 Å². The summed E-state index contributed by atoms with van der Waals surface area (Å²) in [6.45, 7) is 23.7. The third-order valence-corrected chi connectivity index (χ3v) is 4.79. The van der Waals surface area contributed by atoms with Crippen LogP contribution in [0.15, 0.2) is 0 Å². The number of hydrogen-bond acceptors (Lipinski definition) is 2. The van der Waals surface area contributed by atoms with Crippen LogP contribution in [0, 0.1) is 16.7 Å². The van der Waals surface area contributed by atoms with Crippen molar-refractivity contribution >= 4 is 0 Å². The molecule has 0 bridgehead atoms. The molecule has 1 heterocycles. The van der Waals surface area contributed by atoms with Gasteiger partial charge in [0.1, 0.15) is 0 Å². The summed E-state index contributed by atoms with van der Waals surface area (Å²) in [6.07, 6.45) is 4.14. The predicted molar refractivity (Wildman–Crippen MR) is 94.8 cm³/mol. The summed E-state index contributed by atoms with van der Waals surface area (Å²) < 4.78 is 0. The van der Waals surface area contributed by atoms with E-state index in [0.717, 1.165) is 12.5 Å². The van der Waals surface area contributed by atoms with E-state index in [0.29, 0.717) is 10.8 Å². The minimum atomic E-state index is 0.216. The summed E-state index contributed by atoms with van der Waals surface area (Å²) in [5, 5.41) is 3.67. The molecule has 0 radical (unpaired) electrons. The van der Waals surface area contributed by atoms with E-state index in [1.165, 1.54) is 38.9 Å². The highest BCUT2D eigenvalue weighted by Gasteiger charge is 2.29. The van der Waals surface area contributed by atoms with Crippen LogP contribution in [-0.4, -0.2) is 36.6 Å². The molecule has 1 N–H and O–H groups in total. The summed E-state index contributed by atoms with van der Waals surface area (Å²) in [5.74, 6) is 0.887. The maximum Gasteiger partial charge on any atom is 0.00967 e. The van der Waals surface area contributed by atoms with Crippen molar-refractivity contribution in [2.24, 2.45) is 16.7 Å². The lowest BCUT2D eigenvalue weighted by molar-refractivity contribution is 0.160. The molecule has 0 spiro atoms. The number of hydrogen-bond donors (Lipinski definition) is 1. The molecule has 0 aromatic heterocycles. The van der Waals surface area contributed by atoms with Gasteiger partial charge in [-0.2, -0.15) is 0 Å². The van der Waals surface area contributed by atoms with Crippen LogP contribution in [0.25, 0.3) is 0 Å². The zero-order valence-corrected chi connectivity index (χ0v) is 16.0. The van der Waals surface area contributed by atoms with Gasteiger partial charge in [-0.3, -0.25) is 0 Å². The molecular weight excluding hydrogens is 256 g/mol. The third kappa shape index (κ3) is 7.65. The van der Waals surface area contributed by atoms with E-state index >= 15 is 0 Å². The molecule has 1 atom stereocenters. The Morgan fingerprint density at radius 1 is 0.905 bits per heavy atom. The molecular formula is C19H40N2. The molecule has 1 rings (SSSR count). The van der Waals surface area contributed by atoms with Gasteiger partial charge in [-0.05, 0) is 69.9 Å². The third-order valence-electron chi connectivity index (χ3n) is 4.79. The average Bonchev–Trinajstić information content (AvgIpc) is 2.50. The Bertz CT molecular complexity index is 307. The molecule has 1 fully saturated rings. The highest BCUT2D eigenvalue weighted by molar-refractivity contribution is 4.84. The van der Waals surface area contributed by atoms with E-state index in [-0.39, 0.29) is 5.54 Å². The first-order valence-corrected chi connectivity index (χ1v) is 8.86. The van der Waals surface area contributed by atoms with Crippen LogP contribution < -0.4 is 5.32 Å². The second-order valence-electron chi connectivity index (χ2n) is 10.0. The van der Waals surface area contributed by atoms with Gasteiger partial charge in [-0.25, -0.2) is 0 Å². The zero-order chi connectivity index (χ0) is 16.3. The van der Waals surface area contributed by atoms with E-state index in [9.17, 15) is 0 Å². The number of nitrogens with zero attached hydrogens (tertiary/aromatic N) is 1. The molecule has 0 aromatic rings. The van der Waals surface area contributed by atoms with E-state index in [1.807, 2.05) is 0 Å². The maximum atomic E-state index is 3.67. The van der Waals surface area contributed by atoms with Crippen molar-refractivity contribution in [1.29, 1.82) is 0 Å². The lowest BCUT2D eigenvalue weighted by atomic mass is 9.77. The van der Waals surface area contributed by atoms with Crippen LogP contribution in [0.4, 0.5) is 0 Å². The number of rotatable bonds is 4. The average molecular weight is 297 g/mol. The quantitative estimate of drug-likeness (QED) is 0.819. The normalized spacial score (nSPS) is 23.1. The van der Waals surface area contributed by atoms with E-state index in [4.69, 9.17) is 0 Å². The molecule has 0 aliphatic carbocycles. The fraction of sp³-hybridized carbons (Fsp3) is 1.00. The van der Waals surface area contributed by atoms with Gasteiger partial charge < -0.3 is 10.2 Å². The van der Waals surface area contributed by atoms with E-state index in [2.05, 4.69) is 65.6 Å². The Morgan fingerprint density at radius 3 is 2.05 bits per heavy atom. The van der Waals surface area contributed by atoms with E-state index < -0.39 is 0 Å². The van der Waals surface area contributed by atoms with Gasteiger partial charge in [-0.1, -0.05) is 34.6 Å². The summed E-state index contributed by atoms with van der Waals surface area (Å²) in [5.41, 5.74) is 1.03. The predicted octanol–water partition coefficient (Wildman–Crippen LogP) is 4.55. The van der Waals surface area contributed by atoms with Crippen molar-refractivity contribution in [3.63, 3.8) is 0 Å². The molecule has 0 aromatic carbocycles. The van der Waals surface area contributed by atoms with Crippen molar-refractivity contribution in [2.75, 3.05) is 26.2 Å². The van der Waals surface area contributed by atoms with Gasteiger partial charge in [0.25, 0.3) is 0 Å². The van der Waals surface area contributed by atoms with Crippen molar-refractivity contribution in [1.82, 2.24) is 10.2 Å². The fourth-order valence-corrected chi connectivity index (χ4v) is 3.35. The molecule has 1 aliphatic heterocycles. The van der Waals surface area contributed by atoms with Crippen LogP contribution in [-0.2, 0) is 0 Å². The SMILES string of the molecule is CC(C)(CNC(C)(C)C)CN1CCCC(C(C)(C)C)CC1. The Morgan fingerprint density at radius 2 is 1.52 bits per heavy atom. The topological polar surface area (TPSA) is 15.3 Å². The van der Waals surface area contributed by atoms with Crippen LogP contribution in [0.3, 0.4) is 0 Å². The fourth-order valence-electron chi connectivity index (χ4n) is 3.35. The van der Waals surface area contributed by atoms with Crippen molar-refractivity contribution in [3.8, 4) is 0 Å². The molecule has 2 nitrogen and oxygen atoms in total. The Balaban J connectivity index is 2.48. The van der Waals surface area contributed by atoms with Gasteiger partial charge in [0.15, 0.2) is 0 Å². The minimum absolute atomic E-state index is 0.216. The zero-order valence-electron chi connectivity index (χ0n) is 16.0. The van der Waals surface area contributed by atoms with Crippen molar-refractivity contribution in [3.05, 3.63) is 0 Å². The Hall–Kier alpha value is -0.0800. The van der Waals surface area contributed by atoms with Crippen LogP contribution in [0.2, 0.25) is 0 Å². The first-order chi connectivity index (χ1) is 9.39. The summed E-state index contributed by atoms with van der Waals surface area (Å²) in [6, 6.07) is 0. The molecule has 0 saturated carbocycles. The minimum Gasteiger partial charge on any atom is -0.311 e. The van der Waals surface area contributed by atoms with Crippen LogP contribution in [0.1, 0.15) is 74.7 Å². The van der Waals surface area contributed by atoms with Gasteiger partial charge in [-0.15, -0.1) is 0 Å². The van der Waals surface area contributed by atoms with Gasteiger partial charge in [0.05, 0.1) is 0 Å². The molecule has 2 heteroatoms. The largest absolute Gasteiger partial charge is 0.311 e. The molecule has 1 aliphatic rings. The highest BCUT2D eigenvalue weighted by Crippen LogP contribution is 2.34.